The van der Waals surface area contributed by atoms with Crippen LogP contribution in [0.4, 0.5) is 0 Å². The summed E-state index contributed by atoms with van der Waals surface area (Å²) < 4.78 is 5.21. The fourth-order valence-corrected chi connectivity index (χ4v) is 1.35. The maximum absolute atomic E-state index is 11.7. The van der Waals surface area contributed by atoms with Crippen LogP contribution in [0.1, 0.15) is 25.5 Å². The van der Waals surface area contributed by atoms with E-state index in [9.17, 15) is 4.79 Å². The monoisotopic (exact) mass is 192 g/mol. The van der Waals surface area contributed by atoms with Crippen LogP contribution in [0.15, 0.2) is 30.3 Å². The van der Waals surface area contributed by atoms with Crippen molar-refractivity contribution < 1.29 is 9.53 Å². The zero-order valence-corrected chi connectivity index (χ0v) is 8.86. The Labute approximate surface area is 84.9 Å². The van der Waals surface area contributed by atoms with Gasteiger partial charge in [-0.05, 0) is 5.56 Å². The Balaban J connectivity index is 2.88. The molecule has 0 unspecified atom stereocenters. The average molecular weight is 192 g/mol. The van der Waals surface area contributed by atoms with E-state index in [-0.39, 0.29) is 11.7 Å². The summed E-state index contributed by atoms with van der Waals surface area (Å²) in [7, 11) is 1.57. The highest BCUT2D eigenvalue weighted by atomic mass is 16.5. The molecule has 1 rings (SSSR count). The third-order valence-electron chi connectivity index (χ3n) is 2.17. The van der Waals surface area contributed by atoms with E-state index in [0.717, 1.165) is 5.56 Å². The van der Waals surface area contributed by atoms with Gasteiger partial charge in [0.2, 0.25) is 0 Å². The van der Waals surface area contributed by atoms with E-state index in [1.54, 1.807) is 7.11 Å². The first kappa shape index (κ1) is 10.9. The van der Waals surface area contributed by atoms with Gasteiger partial charge in [0.15, 0.2) is 5.78 Å². The van der Waals surface area contributed by atoms with Crippen molar-refractivity contribution >= 4 is 5.78 Å². The molecule has 14 heavy (non-hydrogen) atoms. The Bertz CT molecular complexity index is 290. The van der Waals surface area contributed by atoms with Gasteiger partial charge in [-0.2, -0.15) is 0 Å². The fourth-order valence-electron chi connectivity index (χ4n) is 1.35. The van der Waals surface area contributed by atoms with E-state index >= 15 is 0 Å². The van der Waals surface area contributed by atoms with Crippen LogP contribution in [-0.4, -0.2) is 12.9 Å². The number of benzene rings is 1. The molecule has 0 aliphatic carbocycles. The largest absolute Gasteiger partial charge is 0.369 e. The Hall–Kier alpha value is -1.15. The van der Waals surface area contributed by atoms with Crippen LogP contribution in [0.5, 0.6) is 0 Å². The first-order chi connectivity index (χ1) is 6.66. The molecule has 0 heterocycles. The fraction of sp³-hybridized carbons (Fsp3) is 0.417. The molecule has 1 aromatic carbocycles. The minimum atomic E-state index is -0.420. The van der Waals surface area contributed by atoms with Crippen molar-refractivity contribution in [3.63, 3.8) is 0 Å². The number of Topliss-reactive ketones (excluding diaryl/α,β-unsaturated/α-hetero) is 1. The number of methoxy groups -OCH3 is 1. The molecule has 2 heteroatoms. The second-order valence-electron chi connectivity index (χ2n) is 3.58. The van der Waals surface area contributed by atoms with Crippen LogP contribution < -0.4 is 0 Å². The van der Waals surface area contributed by atoms with Gasteiger partial charge >= 0.3 is 0 Å². The van der Waals surface area contributed by atoms with Crippen LogP contribution in [0.3, 0.4) is 0 Å². The van der Waals surface area contributed by atoms with E-state index in [4.69, 9.17) is 4.74 Å². The predicted molar refractivity (Wildman–Crippen MR) is 56.0 cm³/mol. The predicted octanol–water partition coefficient (Wildman–Crippen LogP) is 2.60. The topological polar surface area (TPSA) is 26.3 Å². The number of ether oxygens (including phenoxy) is 1. The summed E-state index contributed by atoms with van der Waals surface area (Å²) >= 11 is 0. The quantitative estimate of drug-likeness (QED) is 0.733. The Morgan fingerprint density at radius 3 is 2.21 bits per heavy atom. The van der Waals surface area contributed by atoms with Crippen LogP contribution in [0.25, 0.3) is 0 Å². The number of rotatable bonds is 4. The van der Waals surface area contributed by atoms with Gasteiger partial charge in [-0.3, -0.25) is 4.79 Å². The third-order valence-corrected chi connectivity index (χ3v) is 2.17. The lowest BCUT2D eigenvalue weighted by molar-refractivity contribution is -0.132. The van der Waals surface area contributed by atoms with Crippen molar-refractivity contribution in [3.05, 3.63) is 35.9 Å². The number of carbonyl (C=O) groups is 1. The molecule has 0 saturated heterocycles. The van der Waals surface area contributed by atoms with Crippen LogP contribution in [-0.2, 0) is 9.53 Å². The molecule has 0 spiro atoms. The lowest BCUT2D eigenvalue weighted by atomic mass is 9.98. The van der Waals surface area contributed by atoms with Gasteiger partial charge in [0.1, 0.15) is 6.10 Å². The highest BCUT2D eigenvalue weighted by Crippen LogP contribution is 2.20. The minimum Gasteiger partial charge on any atom is -0.369 e. The Kier molecular flexibility index (Phi) is 3.84. The van der Waals surface area contributed by atoms with E-state index in [1.165, 1.54) is 0 Å². The van der Waals surface area contributed by atoms with Crippen molar-refractivity contribution in [2.24, 2.45) is 5.92 Å². The molecule has 0 fully saturated rings. The highest BCUT2D eigenvalue weighted by molar-refractivity contribution is 5.85. The maximum Gasteiger partial charge on any atom is 0.168 e. The van der Waals surface area contributed by atoms with Crippen molar-refractivity contribution in [2.45, 2.75) is 20.0 Å². The summed E-state index contributed by atoms with van der Waals surface area (Å²) in [4.78, 5) is 11.7. The molecule has 0 bridgehead atoms. The molecule has 0 radical (unpaired) electrons. The molecule has 0 amide bonds. The molecular formula is C12H16O2. The zero-order valence-electron chi connectivity index (χ0n) is 8.86. The molecule has 1 aromatic rings. The molecule has 1 atom stereocenters. The maximum atomic E-state index is 11.7. The number of hydrogen-bond donors (Lipinski definition) is 0. The molecule has 0 aliphatic heterocycles. The normalized spacial score (nSPS) is 12.9. The SMILES string of the molecule is CO[C@H](C(=O)C(C)C)c1ccccc1. The second kappa shape index (κ2) is 4.91. The summed E-state index contributed by atoms with van der Waals surface area (Å²) in [5.41, 5.74) is 0.925. The van der Waals surface area contributed by atoms with E-state index in [1.807, 2.05) is 44.2 Å². The van der Waals surface area contributed by atoms with E-state index in [2.05, 4.69) is 0 Å². The first-order valence-electron chi connectivity index (χ1n) is 4.78. The molecular weight excluding hydrogens is 176 g/mol. The second-order valence-corrected chi connectivity index (χ2v) is 3.58. The van der Waals surface area contributed by atoms with Gasteiger partial charge in [-0.25, -0.2) is 0 Å². The highest BCUT2D eigenvalue weighted by Gasteiger charge is 2.21. The minimum absolute atomic E-state index is 0.000145. The van der Waals surface area contributed by atoms with Gasteiger partial charge in [0.05, 0.1) is 0 Å². The average Bonchev–Trinajstić information content (AvgIpc) is 2.20. The molecule has 2 nitrogen and oxygen atoms in total. The summed E-state index contributed by atoms with van der Waals surface area (Å²) in [5.74, 6) is 0.124. The van der Waals surface area contributed by atoms with E-state index in [0.29, 0.717) is 0 Å². The summed E-state index contributed by atoms with van der Waals surface area (Å²) in [6.07, 6.45) is -0.420. The lowest BCUT2D eigenvalue weighted by Gasteiger charge is -2.16. The first-order valence-corrected chi connectivity index (χ1v) is 4.78. The van der Waals surface area contributed by atoms with Crippen molar-refractivity contribution in [2.75, 3.05) is 7.11 Å². The Morgan fingerprint density at radius 2 is 1.79 bits per heavy atom. The van der Waals surface area contributed by atoms with Gasteiger partial charge in [-0.15, -0.1) is 0 Å². The molecule has 76 valence electrons. The van der Waals surface area contributed by atoms with Gasteiger partial charge in [0, 0.05) is 13.0 Å². The van der Waals surface area contributed by atoms with Gasteiger partial charge in [0.25, 0.3) is 0 Å². The molecule has 0 N–H and O–H groups in total. The molecule has 0 saturated carbocycles. The van der Waals surface area contributed by atoms with Crippen LogP contribution in [0.2, 0.25) is 0 Å². The summed E-state index contributed by atoms with van der Waals surface area (Å²) in [5, 5.41) is 0. The molecule has 0 aromatic heterocycles. The standard InChI is InChI=1S/C12H16O2/c1-9(2)11(13)12(14-3)10-7-5-4-6-8-10/h4-9,12H,1-3H3/t12-/m0/s1. The van der Waals surface area contributed by atoms with Gasteiger partial charge < -0.3 is 4.74 Å². The number of ketones is 1. The lowest BCUT2D eigenvalue weighted by Crippen LogP contribution is -2.19. The van der Waals surface area contributed by atoms with Crippen LogP contribution >= 0.6 is 0 Å². The van der Waals surface area contributed by atoms with Crippen LogP contribution in [0, 0.1) is 5.92 Å². The zero-order chi connectivity index (χ0) is 10.6. The number of hydrogen-bond acceptors (Lipinski definition) is 2. The van der Waals surface area contributed by atoms with Gasteiger partial charge in [-0.1, -0.05) is 44.2 Å². The Morgan fingerprint density at radius 1 is 1.21 bits per heavy atom. The number of carbonyl (C=O) groups excluding carboxylic acids is 1. The van der Waals surface area contributed by atoms with Crippen molar-refractivity contribution in [1.82, 2.24) is 0 Å². The van der Waals surface area contributed by atoms with Crippen molar-refractivity contribution in [3.8, 4) is 0 Å². The van der Waals surface area contributed by atoms with Crippen molar-refractivity contribution in [1.29, 1.82) is 0 Å². The summed E-state index contributed by atoms with van der Waals surface area (Å²) in [6.45, 7) is 3.77. The molecule has 0 aliphatic rings. The van der Waals surface area contributed by atoms with E-state index < -0.39 is 6.10 Å². The third kappa shape index (κ3) is 2.42. The summed E-state index contributed by atoms with van der Waals surface area (Å²) in [6, 6.07) is 9.57. The smallest absolute Gasteiger partial charge is 0.168 e.